The van der Waals surface area contributed by atoms with Crippen LogP contribution in [0.25, 0.3) is 0 Å². The number of benzene rings is 1. The molecule has 1 saturated heterocycles. The van der Waals surface area contributed by atoms with Crippen LogP contribution in [0.4, 0.5) is 0 Å². The summed E-state index contributed by atoms with van der Waals surface area (Å²) >= 11 is 0. The number of carbonyl (C=O) groups excluding carboxylic acids is 1. The van der Waals surface area contributed by atoms with Crippen LogP contribution < -0.4 is 10.1 Å². The fraction of sp³-hybridized carbons (Fsp3) is 0.500. The van der Waals surface area contributed by atoms with E-state index in [-0.39, 0.29) is 25.0 Å². The van der Waals surface area contributed by atoms with Gasteiger partial charge in [0.05, 0.1) is 5.92 Å². The zero-order chi connectivity index (χ0) is 15.8. The Kier molecular flexibility index (Phi) is 6.21. The summed E-state index contributed by atoms with van der Waals surface area (Å²) in [5.41, 5.74) is 0. The molecule has 1 aromatic carbocycles. The molecule has 1 aromatic rings. The Balaban J connectivity index is 1.76. The molecule has 0 radical (unpaired) electrons. The van der Waals surface area contributed by atoms with Crippen LogP contribution in [0.3, 0.4) is 0 Å². The molecule has 6 nitrogen and oxygen atoms in total. The van der Waals surface area contributed by atoms with Crippen molar-refractivity contribution >= 4 is 11.9 Å². The third-order valence-electron chi connectivity index (χ3n) is 3.78. The second kappa shape index (κ2) is 8.38. The van der Waals surface area contributed by atoms with Gasteiger partial charge in [0.2, 0.25) is 0 Å². The van der Waals surface area contributed by atoms with Gasteiger partial charge >= 0.3 is 5.97 Å². The molecule has 2 N–H and O–H groups in total. The summed E-state index contributed by atoms with van der Waals surface area (Å²) < 4.78 is 10.6. The van der Waals surface area contributed by atoms with Gasteiger partial charge < -0.3 is 19.9 Å². The van der Waals surface area contributed by atoms with E-state index in [4.69, 9.17) is 9.47 Å². The first-order chi connectivity index (χ1) is 10.7. The average Bonchev–Trinajstić information content (AvgIpc) is 2.55. The van der Waals surface area contributed by atoms with Crippen molar-refractivity contribution < 1.29 is 24.2 Å². The van der Waals surface area contributed by atoms with Gasteiger partial charge in [-0.1, -0.05) is 18.2 Å². The summed E-state index contributed by atoms with van der Waals surface area (Å²) in [5.74, 6) is -1.12. The van der Waals surface area contributed by atoms with Crippen LogP contribution >= 0.6 is 0 Å². The first-order valence-corrected chi connectivity index (χ1v) is 7.42. The van der Waals surface area contributed by atoms with Gasteiger partial charge in [0.15, 0.2) is 6.61 Å². The number of hydrogen-bond acceptors (Lipinski definition) is 4. The van der Waals surface area contributed by atoms with E-state index >= 15 is 0 Å². The zero-order valence-electron chi connectivity index (χ0n) is 12.4. The van der Waals surface area contributed by atoms with E-state index in [9.17, 15) is 14.7 Å². The minimum absolute atomic E-state index is 0.0431. The fourth-order valence-electron chi connectivity index (χ4n) is 2.51. The molecule has 120 valence electrons. The number of carboxylic acid groups (broad SMARTS) is 1. The fourth-order valence-corrected chi connectivity index (χ4v) is 2.51. The third kappa shape index (κ3) is 5.04. The average molecular weight is 307 g/mol. The SMILES string of the molecule is O=C(COc1ccccc1)NCC(C(=O)O)C1CCOCC1. The first-order valence-electron chi connectivity index (χ1n) is 7.42. The van der Waals surface area contributed by atoms with Gasteiger partial charge in [-0.05, 0) is 30.9 Å². The number of aliphatic carboxylic acids is 1. The molecule has 1 aliphatic heterocycles. The quantitative estimate of drug-likeness (QED) is 0.793. The van der Waals surface area contributed by atoms with Gasteiger partial charge in [-0.25, -0.2) is 0 Å². The lowest BCUT2D eigenvalue weighted by Crippen LogP contribution is -2.40. The molecule has 22 heavy (non-hydrogen) atoms. The predicted molar refractivity (Wildman–Crippen MR) is 79.6 cm³/mol. The number of rotatable bonds is 7. The number of ether oxygens (including phenoxy) is 2. The molecule has 0 aliphatic carbocycles. The number of para-hydroxylation sites is 1. The number of hydrogen-bond donors (Lipinski definition) is 2. The van der Waals surface area contributed by atoms with E-state index in [0.29, 0.717) is 31.8 Å². The van der Waals surface area contributed by atoms with Crippen molar-refractivity contribution in [2.45, 2.75) is 12.8 Å². The largest absolute Gasteiger partial charge is 0.484 e. The van der Waals surface area contributed by atoms with Crippen molar-refractivity contribution in [1.29, 1.82) is 0 Å². The molecule has 1 amide bonds. The maximum absolute atomic E-state index is 11.8. The summed E-state index contributed by atoms with van der Waals surface area (Å²) in [5, 5.41) is 12.0. The molecular formula is C16H21NO5. The highest BCUT2D eigenvalue weighted by molar-refractivity contribution is 5.78. The lowest BCUT2D eigenvalue weighted by molar-refractivity contribution is -0.145. The third-order valence-corrected chi connectivity index (χ3v) is 3.78. The van der Waals surface area contributed by atoms with Crippen LogP contribution in [0.2, 0.25) is 0 Å². The lowest BCUT2D eigenvalue weighted by Gasteiger charge is -2.27. The standard InChI is InChI=1S/C16H21NO5/c18-15(11-22-13-4-2-1-3-5-13)17-10-14(16(19)20)12-6-8-21-9-7-12/h1-5,12,14H,6-11H2,(H,17,18)(H,19,20). The van der Waals surface area contributed by atoms with Crippen LogP contribution in [0, 0.1) is 11.8 Å². The van der Waals surface area contributed by atoms with Gasteiger partial charge in [0.1, 0.15) is 5.75 Å². The summed E-state index contributed by atoms with van der Waals surface area (Å²) in [6.07, 6.45) is 1.43. The summed E-state index contributed by atoms with van der Waals surface area (Å²) in [6.45, 7) is 1.17. The molecule has 0 saturated carbocycles. The Bertz CT molecular complexity index is 485. The maximum Gasteiger partial charge on any atom is 0.308 e. The maximum atomic E-state index is 11.8. The van der Waals surface area contributed by atoms with Crippen LogP contribution in [0.5, 0.6) is 5.75 Å². The number of carboxylic acids is 1. The van der Waals surface area contributed by atoms with Gasteiger partial charge in [-0.3, -0.25) is 9.59 Å². The number of carbonyl (C=O) groups is 2. The summed E-state index contributed by atoms with van der Waals surface area (Å²) in [6, 6.07) is 9.01. The highest BCUT2D eigenvalue weighted by Gasteiger charge is 2.29. The Labute approximate surface area is 129 Å². The second-order valence-corrected chi connectivity index (χ2v) is 5.30. The van der Waals surface area contributed by atoms with Crippen molar-refractivity contribution in [3.05, 3.63) is 30.3 Å². The summed E-state index contributed by atoms with van der Waals surface area (Å²) in [7, 11) is 0. The molecular weight excluding hydrogens is 286 g/mol. The van der Waals surface area contributed by atoms with Gasteiger partial charge in [-0.15, -0.1) is 0 Å². The van der Waals surface area contributed by atoms with Crippen LogP contribution in [0.15, 0.2) is 30.3 Å². The van der Waals surface area contributed by atoms with E-state index in [2.05, 4.69) is 5.32 Å². The number of nitrogens with one attached hydrogen (secondary N) is 1. The normalized spacial score (nSPS) is 16.7. The van der Waals surface area contributed by atoms with Crippen LogP contribution in [0.1, 0.15) is 12.8 Å². The Hall–Kier alpha value is -2.08. The van der Waals surface area contributed by atoms with Crippen molar-refractivity contribution in [2.75, 3.05) is 26.4 Å². The molecule has 1 heterocycles. The second-order valence-electron chi connectivity index (χ2n) is 5.30. The zero-order valence-corrected chi connectivity index (χ0v) is 12.4. The minimum atomic E-state index is -0.879. The molecule has 0 spiro atoms. The van der Waals surface area contributed by atoms with E-state index in [0.717, 1.165) is 0 Å². The van der Waals surface area contributed by atoms with E-state index in [1.807, 2.05) is 18.2 Å². The van der Waals surface area contributed by atoms with Gasteiger partial charge in [0, 0.05) is 19.8 Å². The molecule has 1 fully saturated rings. The van der Waals surface area contributed by atoms with Crippen molar-refractivity contribution in [3.8, 4) is 5.75 Å². The highest BCUT2D eigenvalue weighted by Crippen LogP contribution is 2.23. The van der Waals surface area contributed by atoms with Crippen molar-refractivity contribution in [3.63, 3.8) is 0 Å². The summed E-state index contributed by atoms with van der Waals surface area (Å²) in [4.78, 5) is 23.1. The lowest BCUT2D eigenvalue weighted by atomic mass is 9.86. The van der Waals surface area contributed by atoms with Gasteiger partial charge in [0.25, 0.3) is 5.91 Å². The monoisotopic (exact) mass is 307 g/mol. The van der Waals surface area contributed by atoms with Gasteiger partial charge in [-0.2, -0.15) is 0 Å². The molecule has 0 aromatic heterocycles. The van der Waals surface area contributed by atoms with Crippen molar-refractivity contribution in [2.24, 2.45) is 11.8 Å². The van der Waals surface area contributed by atoms with E-state index in [1.54, 1.807) is 12.1 Å². The number of amides is 1. The molecule has 0 bridgehead atoms. The Morgan fingerprint density at radius 3 is 2.59 bits per heavy atom. The predicted octanol–water partition coefficient (Wildman–Crippen LogP) is 1.31. The molecule has 1 atom stereocenters. The van der Waals surface area contributed by atoms with E-state index in [1.165, 1.54) is 0 Å². The minimum Gasteiger partial charge on any atom is -0.484 e. The molecule has 1 unspecified atom stereocenters. The molecule has 2 rings (SSSR count). The molecule has 1 aliphatic rings. The highest BCUT2D eigenvalue weighted by atomic mass is 16.5. The Morgan fingerprint density at radius 1 is 1.27 bits per heavy atom. The van der Waals surface area contributed by atoms with Crippen LogP contribution in [-0.2, 0) is 14.3 Å². The van der Waals surface area contributed by atoms with E-state index < -0.39 is 11.9 Å². The topological polar surface area (TPSA) is 84.9 Å². The molecule has 6 heteroatoms. The van der Waals surface area contributed by atoms with Crippen LogP contribution in [-0.4, -0.2) is 43.3 Å². The smallest absolute Gasteiger partial charge is 0.308 e. The Morgan fingerprint density at radius 2 is 1.95 bits per heavy atom. The van der Waals surface area contributed by atoms with Crippen molar-refractivity contribution in [1.82, 2.24) is 5.32 Å². The first kappa shape index (κ1) is 16.3.